The molecular formula is C17H16INO. The molecule has 2 aromatic carbocycles. The van der Waals surface area contributed by atoms with Crippen LogP contribution in [0.4, 0.5) is 5.69 Å². The highest BCUT2D eigenvalue weighted by Crippen LogP contribution is 2.46. The summed E-state index contributed by atoms with van der Waals surface area (Å²) >= 11 is 2.33. The molecule has 102 valence electrons. The molecule has 0 aromatic heterocycles. The molecule has 0 fully saturated rings. The second-order valence-corrected chi connectivity index (χ2v) is 6.05. The first-order valence-electron chi connectivity index (χ1n) is 6.62. The number of aryl methyl sites for hydroxylation is 1. The van der Waals surface area contributed by atoms with Gasteiger partial charge in [-0.1, -0.05) is 65.1 Å². The molecule has 1 atom stereocenters. The number of likely N-dealkylation sites (N-methyl/N-ethyl adjacent to an activating group) is 1. The molecule has 0 N–H and O–H groups in total. The number of anilines is 1. The van der Waals surface area contributed by atoms with Crippen LogP contribution >= 0.6 is 22.6 Å². The number of benzene rings is 2. The predicted octanol–water partition coefficient (Wildman–Crippen LogP) is 3.69. The number of halogens is 1. The molecule has 0 aliphatic carbocycles. The number of nitrogens with zero attached hydrogens (tertiary/aromatic N) is 1. The van der Waals surface area contributed by atoms with Crippen molar-refractivity contribution in [1.29, 1.82) is 0 Å². The summed E-state index contributed by atoms with van der Waals surface area (Å²) in [6.07, 6.45) is 0. The average Bonchev–Trinajstić information content (AvgIpc) is 2.70. The average molecular weight is 377 g/mol. The van der Waals surface area contributed by atoms with Crippen LogP contribution in [0.2, 0.25) is 0 Å². The maximum atomic E-state index is 12.9. The Kier molecular flexibility index (Phi) is 3.32. The molecule has 1 aliphatic rings. The van der Waals surface area contributed by atoms with Crippen LogP contribution in [0, 0.1) is 6.92 Å². The lowest BCUT2D eigenvalue weighted by molar-refractivity contribution is -0.120. The molecule has 0 spiro atoms. The minimum atomic E-state index is -0.542. The fourth-order valence-corrected chi connectivity index (χ4v) is 4.18. The fraction of sp³-hybridized carbons (Fsp3) is 0.235. The summed E-state index contributed by atoms with van der Waals surface area (Å²) in [7, 11) is 1.87. The second kappa shape index (κ2) is 4.88. The summed E-state index contributed by atoms with van der Waals surface area (Å²) in [6, 6.07) is 16.4. The van der Waals surface area contributed by atoms with Gasteiger partial charge in [-0.3, -0.25) is 4.79 Å². The highest BCUT2D eigenvalue weighted by Gasteiger charge is 2.50. The van der Waals surface area contributed by atoms with Gasteiger partial charge >= 0.3 is 0 Å². The Hall–Kier alpha value is -1.36. The quantitative estimate of drug-likeness (QED) is 0.578. The largest absolute Gasteiger partial charge is 0.314 e. The zero-order chi connectivity index (χ0) is 14.3. The van der Waals surface area contributed by atoms with Gasteiger partial charge in [-0.2, -0.15) is 0 Å². The van der Waals surface area contributed by atoms with Crippen molar-refractivity contribution in [2.24, 2.45) is 0 Å². The van der Waals surface area contributed by atoms with E-state index in [9.17, 15) is 4.79 Å². The van der Waals surface area contributed by atoms with Gasteiger partial charge < -0.3 is 4.90 Å². The summed E-state index contributed by atoms with van der Waals surface area (Å²) in [5.74, 6) is 0.165. The first-order chi connectivity index (χ1) is 9.61. The monoisotopic (exact) mass is 377 g/mol. The SMILES string of the molecule is Cc1ccc2c(c1)N(C)C(=O)C2(CI)c1ccccc1. The third-order valence-corrected chi connectivity index (χ3v) is 5.26. The number of alkyl halides is 1. The first kappa shape index (κ1) is 13.6. The third-order valence-electron chi connectivity index (χ3n) is 4.11. The van der Waals surface area contributed by atoms with Crippen molar-refractivity contribution in [1.82, 2.24) is 0 Å². The molecule has 0 radical (unpaired) electrons. The van der Waals surface area contributed by atoms with Gasteiger partial charge in [0.2, 0.25) is 5.91 Å². The molecule has 0 bridgehead atoms. The number of hydrogen-bond acceptors (Lipinski definition) is 1. The molecule has 0 saturated heterocycles. The standard InChI is InChI=1S/C17H16INO/c1-12-8-9-14-15(10-12)19(2)16(20)17(14,11-18)13-6-4-3-5-7-13/h3-10H,11H2,1-2H3. The van der Waals surface area contributed by atoms with Crippen LogP contribution in [0.5, 0.6) is 0 Å². The van der Waals surface area contributed by atoms with Gasteiger partial charge in [-0.25, -0.2) is 0 Å². The van der Waals surface area contributed by atoms with E-state index in [4.69, 9.17) is 0 Å². The van der Waals surface area contributed by atoms with Crippen molar-refractivity contribution in [3.05, 3.63) is 65.2 Å². The van der Waals surface area contributed by atoms with Crippen molar-refractivity contribution < 1.29 is 4.79 Å². The Morgan fingerprint density at radius 3 is 2.50 bits per heavy atom. The van der Waals surface area contributed by atoms with E-state index < -0.39 is 5.41 Å². The number of carbonyl (C=O) groups excluding carboxylic acids is 1. The molecule has 3 heteroatoms. The van der Waals surface area contributed by atoms with E-state index in [2.05, 4.69) is 59.8 Å². The van der Waals surface area contributed by atoms with Crippen LogP contribution in [0.1, 0.15) is 16.7 Å². The molecule has 20 heavy (non-hydrogen) atoms. The number of amides is 1. The zero-order valence-electron chi connectivity index (χ0n) is 11.6. The number of hydrogen-bond donors (Lipinski definition) is 0. The van der Waals surface area contributed by atoms with Crippen LogP contribution in [-0.2, 0) is 10.2 Å². The second-order valence-electron chi connectivity index (χ2n) is 5.29. The fourth-order valence-electron chi connectivity index (χ4n) is 3.00. The summed E-state index contributed by atoms with van der Waals surface area (Å²) < 4.78 is 0.744. The molecule has 1 aliphatic heterocycles. The summed E-state index contributed by atoms with van der Waals surface area (Å²) in [4.78, 5) is 14.7. The molecule has 3 rings (SSSR count). The summed E-state index contributed by atoms with van der Waals surface area (Å²) in [5, 5.41) is 0. The lowest BCUT2D eigenvalue weighted by Gasteiger charge is -2.26. The Labute approximate surface area is 132 Å². The van der Waals surface area contributed by atoms with Crippen LogP contribution in [-0.4, -0.2) is 17.4 Å². The van der Waals surface area contributed by atoms with Crippen LogP contribution in [0.3, 0.4) is 0 Å². The number of fused-ring (bicyclic) bond motifs is 1. The van der Waals surface area contributed by atoms with E-state index >= 15 is 0 Å². The van der Waals surface area contributed by atoms with Gasteiger partial charge in [0.25, 0.3) is 0 Å². The van der Waals surface area contributed by atoms with E-state index in [1.54, 1.807) is 4.90 Å². The van der Waals surface area contributed by atoms with E-state index in [0.717, 1.165) is 21.2 Å². The third kappa shape index (κ3) is 1.72. The predicted molar refractivity (Wildman–Crippen MR) is 90.7 cm³/mol. The number of carbonyl (C=O) groups is 1. The van der Waals surface area contributed by atoms with Gasteiger partial charge in [0, 0.05) is 17.2 Å². The lowest BCUT2D eigenvalue weighted by atomic mass is 9.77. The van der Waals surface area contributed by atoms with Gasteiger partial charge in [0.05, 0.1) is 0 Å². The maximum Gasteiger partial charge on any atom is 0.242 e. The van der Waals surface area contributed by atoms with Crippen molar-refractivity contribution in [3.8, 4) is 0 Å². The minimum Gasteiger partial charge on any atom is -0.314 e. The Bertz CT molecular complexity index is 668. The molecule has 1 amide bonds. The van der Waals surface area contributed by atoms with E-state index in [0.29, 0.717) is 0 Å². The Morgan fingerprint density at radius 1 is 1.15 bits per heavy atom. The maximum absolute atomic E-state index is 12.9. The van der Waals surface area contributed by atoms with Gasteiger partial charge in [-0.15, -0.1) is 0 Å². The van der Waals surface area contributed by atoms with Gasteiger partial charge in [-0.05, 0) is 29.7 Å². The van der Waals surface area contributed by atoms with E-state index in [-0.39, 0.29) is 5.91 Å². The molecule has 2 aromatic rings. The summed E-state index contributed by atoms with van der Waals surface area (Å²) in [5.41, 5.74) is 3.88. The van der Waals surface area contributed by atoms with Crippen molar-refractivity contribution in [3.63, 3.8) is 0 Å². The first-order valence-corrected chi connectivity index (χ1v) is 8.14. The van der Waals surface area contributed by atoms with Crippen molar-refractivity contribution in [2.75, 3.05) is 16.4 Å². The van der Waals surface area contributed by atoms with Gasteiger partial charge in [0.15, 0.2) is 0 Å². The van der Waals surface area contributed by atoms with Crippen molar-refractivity contribution >= 4 is 34.2 Å². The molecule has 1 heterocycles. The molecular weight excluding hydrogens is 361 g/mol. The Balaban J connectivity index is 2.30. The number of rotatable bonds is 2. The normalized spacial score (nSPS) is 21.1. The van der Waals surface area contributed by atoms with Crippen LogP contribution in [0.25, 0.3) is 0 Å². The van der Waals surface area contributed by atoms with Gasteiger partial charge in [0.1, 0.15) is 5.41 Å². The molecule has 0 saturated carbocycles. The highest BCUT2D eigenvalue weighted by atomic mass is 127. The highest BCUT2D eigenvalue weighted by molar-refractivity contribution is 14.1. The minimum absolute atomic E-state index is 0.165. The van der Waals surface area contributed by atoms with E-state index in [1.165, 1.54) is 5.56 Å². The van der Waals surface area contributed by atoms with Crippen LogP contribution in [0.15, 0.2) is 48.5 Å². The summed E-state index contributed by atoms with van der Waals surface area (Å²) in [6.45, 7) is 2.06. The van der Waals surface area contributed by atoms with Crippen molar-refractivity contribution in [2.45, 2.75) is 12.3 Å². The lowest BCUT2D eigenvalue weighted by Crippen LogP contribution is -2.41. The smallest absolute Gasteiger partial charge is 0.242 e. The topological polar surface area (TPSA) is 20.3 Å². The van der Waals surface area contributed by atoms with Crippen LogP contribution < -0.4 is 4.90 Å². The molecule has 2 nitrogen and oxygen atoms in total. The zero-order valence-corrected chi connectivity index (χ0v) is 13.7. The Morgan fingerprint density at radius 2 is 1.85 bits per heavy atom. The molecule has 1 unspecified atom stereocenters. The van der Waals surface area contributed by atoms with E-state index in [1.807, 2.05) is 25.2 Å².